The second-order valence-corrected chi connectivity index (χ2v) is 8.23. The summed E-state index contributed by atoms with van der Waals surface area (Å²) in [4.78, 5) is 0. The number of aryl methyl sites for hydroxylation is 1. The Morgan fingerprint density at radius 2 is 1.95 bits per heavy atom. The largest absolute Gasteiger partial charge is 0.0594 e. The molecule has 0 amide bonds. The number of benzene rings is 1. The highest BCUT2D eigenvalue weighted by Crippen LogP contribution is 2.62. The first kappa shape index (κ1) is 12.9. The minimum absolute atomic E-state index is 0.684. The van der Waals surface area contributed by atoms with Gasteiger partial charge in [-0.1, -0.05) is 44.0 Å². The highest BCUT2D eigenvalue weighted by atomic mass is 14.6. The second kappa shape index (κ2) is 4.36. The standard InChI is InChI=1S/C20H28/c1-13-6-7-15-16-8-10-20(3)9-4-5-19(20)18(16)12-14(2)17(15)11-13/h6-7,11,14,16,18-19H,4-5,8-10,12H2,1-3H3. The maximum atomic E-state index is 2.59. The molecule has 0 bridgehead atoms. The van der Waals surface area contributed by atoms with Crippen molar-refractivity contribution < 1.29 is 0 Å². The summed E-state index contributed by atoms with van der Waals surface area (Å²) >= 11 is 0. The minimum Gasteiger partial charge on any atom is -0.0594 e. The number of hydrogen-bond donors (Lipinski definition) is 0. The third-order valence-corrected chi connectivity index (χ3v) is 7.02. The van der Waals surface area contributed by atoms with Gasteiger partial charge in [-0.05, 0) is 79.2 Å². The molecule has 5 atom stereocenters. The lowest BCUT2D eigenvalue weighted by Gasteiger charge is -2.50. The smallest absolute Gasteiger partial charge is 0.0128 e. The fraction of sp³-hybridized carbons (Fsp3) is 0.700. The Hall–Kier alpha value is -0.780. The van der Waals surface area contributed by atoms with E-state index in [-0.39, 0.29) is 0 Å². The lowest BCUT2D eigenvalue weighted by molar-refractivity contribution is 0.0550. The molecule has 0 saturated heterocycles. The Balaban J connectivity index is 1.76. The minimum atomic E-state index is 0.684. The molecule has 5 unspecified atom stereocenters. The van der Waals surface area contributed by atoms with Crippen molar-refractivity contribution in [3.63, 3.8) is 0 Å². The van der Waals surface area contributed by atoms with Crippen LogP contribution in [0.4, 0.5) is 0 Å². The Morgan fingerprint density at radius 1 is 1.10 bits per heavy atom. The molecule has 2 saturated carbocycles. The summed E-state index contributed by atoms with van der Waals surface area (Å²) in [6.45, 7) is 7.31. The van der Waals surface area contributed by atoms with Crippen LogP contribution >= 0.6 is 0 Å². The molecule has 3 aliphatic rings. The molecular weight excluding hydrogens is 240 g/mol. The number of hydrogen-bond acceptors (Lipinski definition) is 0. The molecule has 0 N–H and O–H groups in total. The van der Waals surface area contributed by atoms with Gasteiger partial charge in [-0.3, -0.25) is 0 Å². The van der Waals surface area contributed by atoms with E-state index in [2.05, 4.69) is 39.0 Å². The van der Waals surface area contributed by atoms with Crippen molar-refractivity contribution in [3.8, 4) is 0 Å². The molecule has 2 fully saturated rings. The van der Waals surface area contributed by atoms with Gasteiger partial charge in [0.05, 0.1) is 0 Å². The molecule has 0 radical (unpaired) electrons. The third-order valence-electron chi connectivity index (χ3n) is 7.02. The quantitative estimate of drug-likeness (QED) is 0.557. The molecule has 108 valence electrons. The molecule has 1 aromatic rings. The maximum Gasteiger partial charge on any atom is -0.0128 e. The van der Waals surface area contributed by atoms with Gasteiger partial charge in [-0.15, -0.1) is 0 Å². The van der Waals surface area contributed by atoms with Crippen LogP contribution in [-0.4, -0.2) is 0 Å². The third kappa shape index (κ3) is 1.73. The highest BCUT2D eigenvalue weighted by molar-refractivity contribution is 5.40. The van der Waals surface area contributed by atoms with E-state index in [4.69, 9.17) is 0 Å². The van der Waals surface area contributed by atoms with Crippen LogP contribution in [0.1, 0.15) is 80.9 Å². The predicted molar refractivity (Wildman–Crippen MR) is 85.1 cm³/mol. The topological polar surface area (TPSA) is 0 Å². The Kier molecular flexibility index (Phi) is 2.81. The summed E-state index contributed by atoms with van der Waals surface area (Å²) in [6, 6.07) is 7.28. The summed E-state index contributed by atoms with van der Waals surface area (Å²) in [5.41, 5.74) is 5.51. The first-order valence-electron chi connectivity index (χ1n) is 8.69. The van der Waals surface area contributed by atoms with Gasteiger partial charge in [0, 0.05) is 0 Å². The van der Waals surface area contributed by atoms with Crippen molar-refractivity contribution in [1.82, 2.24) is 0 Å². The first-order chi connectivity index (χ1) is 9.58. The number of rotatable bonds is 0. The lowest BCUT2D eigenvalue weighted by Crippen LogP contribution is -2.40. The molecular formula is C20H28. The molecule has 1 aromatic carbocycles. The van der Waals surface area contributed by atoms with Crippen molar-refractivity contribution >= 4 is 0 Å². The molecule has 0 aliphatic heterocycles. The van der Waals surface area contributed by atoms with E-state index in [1.54, 1.807) is 11.1 Å². The van der Waals surface area contributed by atoms with Crippen LogP contribution in [0, 0.1) is 24.2 Å². The molecule has 4 rings (SSSR count). The van der Waals surface area contributed by atoms with Gasteiger partial charge in [0.15, 0.2) is 0 Å². The molecule has 0 nitrogen and oxygen atoms in total. The normalized spacial score (nSPS) is 42.8. The summed E-state index contributed by atoms with van der Waals surface area (Å²) in [7, 11) is 0. The maximum absolute atomic E-state index is 2.59. The van der Waals surface area contributed by atoms with Crippen LogP contribution in [0.3, 0.4) is 0 Å². The van der Waals surface area contributed by atoms with Gasteiger partial charge in [0.2, 0.25) is 0 Å². The zero-order valence-corrected chi connectivity index (χ0v) is 13.3. The zero-order valence-electron chi connectivity index (χ0n) is 13.3. The van der Waals surface area contributed by atoms with Crippen LogP contribution in [0.5, 0.6) is 0 Å². The van der Waals surface area contributed by atoms with E-state index < -0.39 is 0 Å². The van der Waals surface area contributed by atoms with Gasteiger partial charge in [-0.2, -0.15) is 0 Å². The molecule has 20 heavy (non-hydrogen) atoms. The van der Waals surface area contributed by atoms with Gasteiger partial charge < -0.3 is 0 Å². The van der Waals surface area contributed by atoms with Crippen molar-refractivity contribution in [2.75, 3.05) is 0 Å². The van der Waals surface area contributed by atoms with Crippen molar-refractivity contribution in [2.45, 2.75) is 71.1 Å². The monoisotopic (exact) mass is 268 g/mol. The van der Waals surface area contributed by atoms with Crippen molar-refractivity contribution in [2.24, 2.45) is 17.3 Å². The second-order valence-electron chi connectivity index (χ2n) is 8.23. The number of fused-ring (bicyclic) bond motifs is 5. The van der Waals surface area contributed by atoms with Gasteiger partial charge >= 0.3 is 0 Å². The molecule has 0 heterocycles. The average Bonchev–Trinajstić information content (AvgIpc) is 2.81. The highest BCUT2D eigenvalue weighted by Gasteiger charge is 2.50. The summed E-state index contributed by atoms with van der Waals surface area (Å²) < 4.78 is 0. The van der Waals surface area contributed by atoms with Crippen LogP contribution in [0.2, 0.25) is 0 Å². The van der Waals surface area contributed by atoms with Crippen LogP contribution in [-0.2, 0) is 0 Å². The SMILES string of the molecule is Cc1ccc2c(c1)C(C)CC1C2CCC2(C)CCCC12. The van der Waals surface area contributed by atoms with E-state index in [9.17, 15) is 0 Å². The Morgan fingerprint density at radius 3 is 2.80 bits per heavy atom. The molecule has 3 aliphatic carbocycles. The fourth-order valence-electron chi connectivity index (χ4n) is 5.99. The van der Waals surface area contributed by atoms with E-state index >= 15 is 0 Å². The predicted octanol–water partition coefficient (Wildman–Crippen LogP) is 5.80. The van der Waals surface area contributed by atoms with Crippen molar-refractivity contribution in [3.05, 3.63) is 34.9 Å². The fourth-order valence-corrected chi connectivity index (χ4v) is 5.99. The summed E-state index contributed by atoms with van der Waals surface area (Å²) in [5.74, 6) is 3.63. The molecule has 0 spiro atoms. The summed E-state index contributed by atoms with van der Waals surface area (Å²) in [5, 5.41) is 0. The molecule has 0 aromatic heterocycles. The van der Waals surface area contributed by atoms with Gasteiger partial charge in [0.25, 0.3) is 0 Å². The van der Waals surface area contributed by atoms with Crippen LogP contribution in [0.25, 0.3) is 0 Å². The van der Waals surface area contributed by atoms with Crippen molar-refractivity contribution in [1.29, 1.82) is 0 Å². The van der Waals surface area contributed by atoms with Gasteiger partial charge in [0.1, 0.15) is 0 Å². The zero-order chi connectivity index (χ0) is 13.9. The molecule has 0 heteroatoms. The van der Waals surface area contributed by atoms with E-state index in [0.717, 1.165) is 23.7 Å². The first-order valence-corrected chi connectivity index (χ1v) is 8.69. The van der Waals surface area contributed by atoms with E-state index in [0.29, 0.717) is 5.41 Å². The van der Waals surface area contributed by atoms with E-state index in [1.165, 1.54) is 44.1 Å². The summed E-state index contributed by atoms with van der Waals surface area (Å²) in [6.07, 6.45) is 8.85. The van der Waals surface area contributed by atoms with E-state index in [1.807, 2.05) is 0 Å². The van der Waals surface area contributed by atoms with Gasteiger partial charge in [-0.25, -0.2) is 0 Å². The van der Waals surface area contributed by atoms with Crippen LogP contribution in [0.15, 0.2) is 18.2 Å². The average molecular weight is 268 g/mol. The lowest BCUT2D eigenvalue weighted by atomic mass is 9.54. The Bertz CT molecular complexity index is 529. The van der Waals surface area contributed by atoms with Crippen LogP contribution < -0.4 is 0 Å². The Labute approximate surface area is 124 Å².